The molecule has 0 saturated heterocycles. The van der Waals surface area contributed by atoms with E-state index >= 15 is 0 Å². The van der Waals surface area contributed by atoms with Gasteiger partial charge in [0.2, 0.25) is 0 Å². The highest BCUT2D eigenvalue weighted by Gasteiger charge is 2.08. The normalized spacial score (nSPS) is 14.0. The van der Waals surface area contributed by atoms with Gasteiger partial charge in [0.15, 0.2) is 11.5 Å². The number of phenolic OH excluding ortho intramolecular Hbond substituents is 1. The van der Waals surface area contributed by atoms with Crippen LogP contribution in [0, 0.1) is 0 Å². The fourth-order valence-corrected chi connectivity index (χ4v) is 1.95. The van der Waals surface area contributed by atoms with Gasteiger partial charge in [-0.15, -0.1) is 0 Å². The van der Waals surface area contributed by atoms with Gasteiger partial charge in [-0.1, -0.05) is 30.4 Å². The summed E-state index contributed by atoms with van der Waals surface area (Å²) < 4.78 is 10.2. The topological polar surface area (TPSA) is 55.8 Å². The number of allylic oxidation sites excluding steroid dienone is 2. The van der Waals surface area contributed by atoms with Crippen LogP contribution < -0.4 is 4.74 Å². The second-order valence-corrected chi connectivity index (χ2v) is 4.57. The highest BCUT2D eigenvalue weighted by atomic mass is 16.5. The molecule has 0 saturated carbocycles. The van der Waals surface area contributed by atoms with E-state index in [1.165, 1.54) is 7.11 Å². The molecule has 1 aromatic rings. The zero-order valence-electron chi connectivity index (χ0n) is 11.9. The number of phenols is 1. The quantitative estimate of drug-likeness (QED) is 0.844. The highest BCUT2D eigenvalue weighted by Crippen LogP contribution is 2.26. The van der Waals surface area contributed by atoms with Crippen molar-refractivity contribution >= 4 is 12.0 Å². The van der Waals surface area contributed by atoms with Crippen LogP contribution in [0.3, 0.4) is 0 Å². The number of methoxy groups -OCH3 is 1. The maximum Gasteiger partial charge on any atom is 0.338 e. The van der Waals surface area contributed by atoms with Crippen LogP contribution >= 0.6 is 0 Å². The minimum Gasteiger partial charge on any atom is -0.504 e. The Morgan fingerprint density at radius 3 is 2.95 bits per heavy atom. The first kappa shape index (κ1) is 14.9. The van der Waals surface area contributed by atoms with Crippen molar-refractivity contribution in [2.75, 3.05) is 13.7 Å². The lowest BCUT2D eigenvalue weighted by Gasteiger charge is -2.06. The molecule has 0 spiro atoms. The Morgan fingerprint density at radius 2 is 2.24 bits per heavy atom. The van der Waals surface area contributed by atoms with Gasteiger partial charge in [-0.2, -0.15) is 0 Å². The zero-order valence-corrected chi connectivity index (χ0v) is 11.9. The number of aromatic hydroxyl groups is 1. The van der Waals surface area contributed by atoms with Gasteiger partial charge in [-0.3, -0.25) is 0 Å². The Morgan fingerprint density at radius 1 is 1.38 bits per heavy atom. The summed E-state index contributed by atoms with van der Waals surface area (Å²) >= 11 is 0. The van der Waals surface area contributed by atoms with Gasteiger partial charge in [0.25, 0.3) is 0 Å². The van der Waals surface area contributed by atoms with E-state index in [0.717, 1.165) is 18.4 Å². The fourth-order valence-electron chi connectivity index (χ4n) is 1.95. The maximum absolute atomic E-state index is 11.7. The van der Waals surface area contributed by atoms with Crippen molar-refractivity contribution < 1.29 is 19.4 Å². The molecule has 0 fully saturated rings. The smallest absolute Gasteiger partial charge is 0.338 e. The summed E-state index contributed by atoms with van der Waals surface area (Å²) in [6, 6.07) is 5.02. The van der Waals surface area contributed by atoms with Crippen LogP contribution in [0.25, 0.3) is 6.08 Å². The third-order valence-electron chi connectivity index (χ3n) is 3.06. The van der Waals surface area contributed by atoms with Crippen LogP contribution in [0.4, 0.5) is 0 Å². The number of esters is 1. The van der Waals surface area contributed by atoms with Crippen molar-refractivity contribution in [2.45, 2.75) is 12.8 Å². The first-order chi connectivity index (χ1) is 10.2. The molecular weight excluding hydrogens is 268 g/mol. The molecule has 1 aromatic carbocycles. The van der Waals surface area contributed by atoms with Gasteiger partial charge in [0.05, 0.1) is 12.7 Å². The second kappa shape index (κ2) is 7.33. The molecule has 4 nitrogen and oxygen atoms in total. The van der Waals surface area contributed by atoms with Crippen LogP contribution in [0.5, 0.6) is 11.5 Å². The molecule has 0 atom stereocenters. The second-order valence-electron chi connectivity index (χ2n) is 4.57. The van der Waals surface area contributed by atoms with Crippen molar-refractivity contribution in [3.05, 3.63) is 53.6 Å². The Hall–Kier alpha value is -2.49. The number of carbonyl (C=O) groups is 1. The molecule has 110 valence electrons. The van der Waals surface area contributed by atoms with Crippen molar-refractivity contribution in [1.29, 1.82) is 0 Å². The summed E-state index contributed by atoms with van der Waals surface area (Å²) in [4.78, 5) is 11.7. The van der Waals surface area contributed by atoms with Crippen molar-refractivity contribution in [3.8, 4) is 11.5 Å². The molecule has 0 unspecified atom stereocenters. The lowest BCUT2D eigenvalue weighted by molar-refractivity contribution is -0.137. The van der Waals surface area contributed by atoms with Crippen LogP contribution in [-0.4, -0.2) is 24.8 Å². The molecule has 4 heteroatoms. The largest absolute Gasteiger partial charge is 0.504 e. The number of carbonyl (C=O) groups excluding carboxylic acids is 1. The van der Waals surface area contributed by atoms with Crippen molar-refractivity contribution in [3.63, 3.8) is 0 Å². The van der Waals surface area contributed by atoms with E-state index < -0.39 is 0 Å². The molecule has 2 rings (SSSR count). The number of hydrogen-bond acceptors (Lipinski definition) is 4. The number of hydrogen-bond donors (Lipinski definition) is 1. The third kappa shape index (κ3) is 4.24. The van der Waals surface area contributed by atoms with E-state index in [2.05, 4.69) is 0 Å². The van der Waals surface area contributed by atoms with Crippen molar-refractivity contribution in [1.82, 2.24) is 0 Å². The average molecular weight is 286 g/mol. The molecule has 0 bridgehead atoms. The average Bonchev–Trinajstić information content (AvgIpc) is 2.53. The van der Waals surface area contributed by atoms with Gasteiger partial charge < -0.3 is 14.6 Å². The SMILES string of the molecule is COc1cc(/C=C/COC(=O)C2=CCCC=C2)ccc1O. The molecule has 1 aliphatic rings. The van der Waals surface area contributed by atoms with Crippen LogP contribution in [0.1, 0.15) is 18.4 Å². The van der Waals surface area contributed by atoms with Gasteiger partial charge in [-0.25, -0.2) is 4.79 Å². The molecule has 1 aliphatic carbocycles. The van der Waals surface area contributed by atoms with E-state index in [0.29, 0.717) is 11.3 Å². The summed E-state index contributed by atoms with van der Waals surface area (Å²) in [7, 11) is 1.50. The Labute approximate surface area is 124 Å². The van der Waals surface area contributed by atoms with Crippen LogP contribution in [0.2, 0.25) is 0 Å². The van der Waals surface area contributed by atoms with Crippen molar-refractivity contribution in [2.24, 2.45) is 0 Å². The summed E-state index contributed by atoms with van der Waals surface area (Å²) in [5.41, 5.74) is 1.47. The molecule has 0 heterocycles. The monoisotopic (exact) mass is 286 g/mol. The number of rotatable bonds is 5. The Kier molecular flexibility index (Phi) is 5.21. The van der Waals surface area contributed by atoms with E-state index in [1.54, 1.807) is 36.4 Å². The molecule has 0 radical (unpaired) electrons. The first-order valence-corrected chi connectivity index (χ1v) is 6.78. The van der Waals surface area contributed by atoms with E-state index in [1.807, 2.05) is 12.2 Å². The Bertz CT molecular complexity index is 597. The fraction of sp³-hybridized carbons (Fsp3) is 0.235. The first-order valence-electron chi connectivity index (χ1n) is 6.78. The van der Waals surface area contributed by atoms with Gasteiger partial charge >= 0.3 is 5.97 Å². The molecule has 0 aliphatic heterocycles. The minimum absolute atomic E-state index is 0.0945. The molecule has 0 aromatic heterocycles. The number of ether oxygens (including phenoxy) is 2. The van der Waals surface area contributed by atoms with E-state index in [4.69, 9.17) is 9.47 Å². The third-order valence-corrected chi connectivity index (χ3v) is 3.06. The van der Waals surface area contributed by atoms with Gasteiger partial charge in [0.1, 0.15) is 6.61 Å². The zero-order chi connectivity index (χ0) is 15.1. The Balaban J connectivity index is 1.86. The highest BCUT2D eigenvalue weighted by molar-refractivity contribution is 5.91. The summed E-state index contributed by atoms with van der Waals surface area (Å²) in [5.74, 6) is 0.197. The van der Waals surface area contributed by atoms with E-state index in [9.17, 15) is 9.90 Å². The minimum atomic E-state index is -0.307. The molecule has 1 N–H and O–H groups in total. The predicted molar refractivity (Wildman–Crippen MR) is 81.1 cm³/mol. The lowest BCUT2D eigenvalue weighted by Crippen LogP contribution is -2.07. The van der Waals surface area contributed by atoms with E-state index in [-0.39, 0.29) is 18.3 Å². The molecular formula is C17H18O4. The van der Waals surface area contributed by atoms with Crippen LogP contribution in [0.15, 0.2) is 48.1 Å². The maximum atomic E-state index is 11.7. The van der Waals surface area contributed by atoms with Gasteiger partial charge in [-0.05, 0) is 36.6 Å². The summed E-state index contributed by atoms with van der Waals surface area (Å²) in [6.45, 7) is 0.202. The lowest BCUT2D eigenvalue weighted by atomic mass is 10.1. The molecule has 21 heavy (non-hydrogen) atoms. The van der Waals surface area contributed by atoms with Gasteiger partial charge in [0, 0.05) is 0 Å². The standard InChI is InChI=1S/C17H18O4/c1-20-16-12-13(9-10-15(16)18)6-5-11-21-17(19)14-7-3-2-4-8-14/h3,5-10,12,18H,2,4,11H2,1H3/b6-5+. The summed E-state index contributed by atoms with van der Waals surface area (Å²) in [5, 5.41) is 9.49. The predicted octanol–water partition coefficient (Wildman–Crippen LogP) is 3.23. The van der Waals surface area contributed by atoms with Crippen LogP contribution in [-0.2, 0) is 9.53 Å². The number of benzene rings is 1. The molecule has 0 amide bonds. The summed E-state index contributed by atoms with van der Waals surface area (Å²) in [6.07, 6.45) is 11.0.